The van der Waals surface area contributed by atoms with E-state index in [9.17, 15) is 4.21 Å². The van der Waals surface area contributed by atoms with Crippen LogP contribution >= 0.6 is 0 Å². The van der Waals surface area contributed by atoms with E-state index in [0.29, 0.717) is 5.75 Å². The second kappa shape index (κ2) is 7.22. The highest BCUT2D eigenvalue weighted by molar-refractivity contribution is 7.85. The monoisotopic (exact) mass is 289 g/mol. The van der Waals surface area contributed by atoms with Gasteiger partial charge in [0.2, 0.25) is 0 Å². The molecule has 0 radical (unpaired) electrons. The SMILES string of the molecule is CNC(CS(=O)c1cccc(OC)c1)c1ccccc1. The number of nitrogens with one attached hydrogen (secondary N) is 1. The Morgan fingerprint density at radius 3 is 2.55 bits per heavy atom. The number of rotatable bonds is 6. The lowest BCUT2D eigenvalue weighted by Crippen LogP contribution is -2.22. The molecule has 4 heteroatoms. The summed E-state index contributed by atoms with van der Waals surface area (Å²) in [6, 6.07) is 17.6. The highest BCUT2D eigenvalue weighted by atomic mass is 32.2. The second-order valence-corrected chi connectivity index (χ2v) is 5.94. The quantitative estimate of drug-likeness (QED) is 0.888. The van der Waals surface area contributed by atoms with Gasteiger partial charge < -0.3 is 10.1 Å². The first-order chi connectivity index (χ1) is 9.74. The van der Waals surface area contributed by atoms with Crippen LogP contribution in [0.2, 0.25) is 0 Å². The molecule has 2 rings (SSSR count). The summed E-state index contributed by atoms with van der Waals surface area (Å²) in [6.45, 7) is 0. The van der Waals surface area contributed by atoms with Gasteiger partial charge in [-0.15, -0.1) is 0 Å². The van der Waals surface area contributed by atoms with Gasteiger partial charge in [-0.3, -0.25) is 4.21 Å². The Balaban J connectivity index is 2.13. The van der Waals surface area contributed by atoms with E-state index in [1.54, 1.807) is 7.11 Å². The van der Waals surface area contributed by atoms with Gasteiger partial charge in [-0.05, 0) is 30.8 Å². The van der Waals surface area contributed by atoms with Crippen molar-refractivity contribution in [1.29, 1.82) is 0 Å². The molecule has 0 aliphatic rings. The van der Waals surface area contributed by atoms with Crippen LogP contribution in [0.3, 0.4) is 0 Å². The summed E-state index contributed by atoms with van der Waals surface area (Å²) in [4.78, 5) is 0.792. The third-order valence-corrected chi connectivity index (χ3v) is 4.59. The van der Waals surface area contributed by atoms with Crippen molar-refractivity contribution in [1.82, 2.24) is 5.32 Å². The maximum Gasteiger partial charge on any atom is 0.120 e. The zero-order valence-electron chi connectivity index (χ0n) is 11.7. The lowest BCUT2D eigenvalue weighted by molar-refractivity contribution is 0.413. The van der Waals surface area contributed by atoms with Crippen molar-refractivity contribution in [3.63, 3.8) is 0 Å². The molecule has 0 saturated carbocycles. The van der Waals surface area contributed by atoms with Crippen molar-refractivity contribution in [3.05, 3.63) is 60.2 Å². The first-order valence-corrected chi connectivity index (χ1v) is 7.81. The van der Waals surface area contributed by atoms with E-state index in [1.165, 1.54) is 0 Å². The van der Waals surface area contributed by atoms with Gasteiger partial charge in [-0.1, -0.05) is 36.4 Å². The van der Waals surface area contributed by atoms with E-state index in [1.807, 2.05) is 61.6 Å². The summed E-state index contributed by atoms with van der Waals surface area (Å²) >= 11 is 0. The average Bonchev–Trinajstić information content (AvgIpc) is 2.53. The molecule has 0 aliphatic heterocycles. The maximum atomic E-state index is 12.5. The molecule has 3 nitrogen and oxygen atoms in total. The molecule has 0 aliphatic carbocycles. The van der Waals surface area contributed by atoms with Gasteiger partial charge in [-0.25, -0.2) is 0 Å². The first kappa shape index (κ1) is 14.8. The van der Waals surface area contributed by atoms with Crippen molar-refractivity contribution in [2.24, 2.45) is 0 Å². The number of hydrogen-bond donors (Lipinski definition) is 1. The topological polar surface area (TPSA) is 38.3 Å². The van der Waals surface area contributed by atoms with Gasteiger partial charge >= 0.3 is 0 Å². The van der Waals surface area contributed by atoms with Crippen LogP contribution in [-0.2, 0) is 10.8 Å². The zero-order chi connectivity index (χ0) is 14.4. The van der Waals surface area contributed by atoms with Gasteiger partial charge in [-0.2, -0.15) is 0 Å². The van der Waals surface area contributed by atoms with Gasteiger partial charge in [0.1, 0.15) is 5.75 Å². The van der Waals surface area contributed by atoms with Gasteiger partial charge in [0, 0.05) is 16.7 Å². The molecule has 2 unspecified atom stereocenters. The average molecular weight is 289 g/mol. The smallest absolute Gasteiger partial charge is 0.120 e. The normalized spacial score (nSPS) is 13.7. The predicted molar refractivity (Wildman–Crippen MR) is 82.5 cm³/mol. The molecular formula is C16H19NO2S. The van der Waals surface area contributed by atoms with Crippen molar-refractivity contribution < 1.29 is 8.95 Å². The fraction of sp³-hybridized carbons (Fsp3) is 0.250. The number of methoxy groups -OCH3 is 1. The van der Waals surface area contributed by atoms with E-state index in [0.717, 1.165) is 16.2 Å². The molecule has 2 aromatic rings. The number of hydrogen-bond acceptors (Lipinski definition) is 3. The Morgan fingerprint density at radius 2 is 1.90 bits per heavy atom. The minimum Gasteiger partial charge on any atom is -0.497 e. The number of ether oxygens (including phenoxy) is 1. The van der Waals surface area contributed by atoms with Crippen LogP contribution in [0.15, 0.2) is 59.5 Å². The molecule has 2 atom stereocenters. The Labute approximate surface area is 122 Å². The molecule has 0 aromatic heterocycles. The van der Waals surface area contributed by atoms with Crippen LogP contribution in [0, 0.1) is 0 Å². The zero-order valence-corrected chi connectivity index (χ0v) is 12.5. The molecule has 0 amide bonds. The van der Waals surface area contributed by atoms with Gasteiger partial charge in [0.25, 0.3) is 0 Å². The molecule has 20 heavy (non-hydrogen) atoms. The van der Waals surface area contributed by atoms with Crippen LogP contribution in [0.25, 0.3) is 0 Å². The van der Waals surface area contributed by atoms with Gasteiger partial charge in [0.05, 0.1) is 17.9 Å². The molecular weight excluding hydrogens is 270 g/mol. The Morgan fingerprint density at radius 1 is 1.15 bits per heavy atom. The van der Waals surface area contributed by atoms with Gasteiger partial charge in [0.15, 0.2) is 0 Å². The van der Waals surface area contributed by atoms with Crippen LogP contribution in [0.1, 0.15) is 11.6 Å². The summed E-state index contributed by atoms with van der Waals surface area (Å²) in [5.41, 5.74) is 1.14. The summed E-state index contributed by atoms with van der Waals surface area (Å²) in [7, 11) is 2.43. The van der Waals surface area contributed by atoms with Crippen molar-refractivity contribution >= 4 is 10.8 Å². The second-order valence-electron chi connectivity index (χ2n) is 4.44. The Kier molecular flexibility index (Phi) is 5.32. The molecule has 2 aromatic carbocycles. The predicted octanol–water partition coefficient (Wildman–Crippen LogP) is 2.76. The molecule has 1 N–H and O–H groups in total. The van der Waals surface area contributed by atoms with E-state index >= 15 is 0 Å². The molecule has 106 valence electrons. The number of benzene rings is 2. The Bertz CT molecular complexity index is 572. The molecule has 0 heterocycles. The maximum absolute atomic E-state index is 12.5. The highest BCUT2D eigenvalue weighted by Gasteiger charge is 2.14. The fourth-order valence-corrected chi connectivity index (χ4v) is 3.35. The van der Waals surface area contributed by atoms with Crippen LogP contribution in [0.4, 0.5) is 0 Å². The lowest BCUT2D eigenvalue weighted by atomic mass is 10.1. The summed E-state index contributed by atoms with van der Waals surface area (Å²) in [5.74, 6) is 1.27. The van der Waals surface area contributed by atoms with Crippen LogP contribution < -0.4 is 10.1 Å². The third-order valence-electron chi connectivity index (χ3n) is 3.17. The summed E-state index contributed by atoms with van der Waals surface area (Å²) in [6.07, 6.45) is 0. The molecule has 0 saturated heterocycles. The first-order valence-electron chi connectivity index (χ1n) is 6.49. The summed E-state index contributed by atoms with van der Waals surface area (Å²) in [5, 5.41) is 3.22. The van der Waals surface area contributed by atoms with Crippen molar-refractivity contribution in [2.75, 3.05) is 19.9 Å². The molecule has 0 fully saturated rings. The molecule has 0 bridgehead atoms. The minimum atomic E-state index is -1.07. The van der Waals surface area contributed by atoms with E-state index < -0.39 is 10.8 Å². The van der Waals surface area contributed by atoms with Crippen LogP contribution in [-0.4, -0.2) is 24.1 Å². The minimum absolute atomic E-state index is 0.0724. The fourth-order valence-electron chi connectivity index (χ4n) is 2.02. The molecule has 0 spiro atoms. The Hall–Kier alpha value is -1.65. The third kappa shape index (κ3) is 3.68. The standard InChI is InChI=1S/C16H19NO2S/c1-17-16(13-7-4-3-5-8-13)12-20(18)15-10-6-9-14(11-15)19-2/h3-11,16-17H,12H2,1-2H3. The van der Waals surface area contributed by atoms with Crippen molar-refractivity contribution in [2.45, 2.75) is 10.9 Å². The highest BCUT2D eigenvalue weighted by Crippen LogP contribution is 2.20. The summed E-state index contributed by atoms with van der Waals surface area (Å²) < 4.78 is 17.6. The lowest BCUT2D eigenvalue weighted by Gasteiger charge is -2.16. The van der Waals surface area contributed by atoms with E-state index in [-0.39, 0.29) is 6.04 Å². The van der Waals surface area contributed by atoms with Crippen molar-refractivity contribution in [3.8, 4) is 5.75 Å². The van der Waals surface area contributed by atoms with E-state index in [4.69, 9.17) is 4.74 Å². The largest absolute Gasteiger partial charge is 0.497 e. The van der Waals surface area contributed by atoms with Crippen LogP contribution in [0.5, 0.6) is 5.75 Å². The van der Waals surface area contributed by atoms with E-state index in [2.05, 4.69) is 5.32 Å².